The minimum atomic E-state index is -4.38. The lowest BCUT2D eigenvalue weighted by Gasteiger charge is -2.14. The highest BCUT2D eigenvalue weighted by Crippen LogP contribution is 2.33. The minimum Gasteiger partial charge on any atom is -0.324 e. The fourth-order valence-electron chi connectivity index (χ4n) is 1.31. The van der Waals surface area contributed by atoms with Crippen molar-refractivity contribution in [3.8, 4) is 0 Å². The summed E-state index contributed by atoms with van der Waals surface area (Å²) in [6, 6.07) is 2.57. The molecular formula is C11H11ClF3N. The van der Waals surface area contributed by atoms with Crippen molar-refractivity contribution < 1.29 is 13.2 Å². The van der Waals surface area contributed by atoms with Crippen molar-refractivity contribution in [3.05, 3.63) is 47.0 Å². The zero-order chi connectivity index (χ0) is 12.3. The predicted octanol–water partition coefficient (Wildman–Crippen LogP) is 3.93. The first kappa shape index (κ1) is 13.1. The summed E-state index contributed by atoms with van der Waals surface area (Å²) in [4.78, 5) is 0. The molecule has 0 bridgehead atoms. The van der Waals surface area contributed by atoms with E-state index in [1.807, 2.05) is 0 Å². The highest BCUT2D eigenvalue weighted by Gasteiger charge is 2.31. The normalized spacial score (nSPS) is 13.6. The molecule has 16 heavy (non-hydrogen) atoms. The van der Waals surface area contributed by atoms with Gasteiger partial charge in [-0.1, -0.05) is 17.7 Å². The summed E-state index contributed by atoms with van der Waals surface area (Å²) in [5, 5.41) is 0.238. The molecule has 0 aromatic heterocycles. The molecule has 0 heterocycles. The van der Waals surface area contributed by atoms with Crippen LogP contribution in [0.5, 0.6) is 0 Å². The second-order valence-corrected chi connectivity index (χ2v) is 3.77. The van der Waals surface area contributed by atoms with Gasteiger partial charge in [0.25, 0.3) is 0 Å². The Morgan fingerprint density at radius 1 is 1.44 bits per heavy atom. The van der Waals surface area contributed by atoms with Gasteiger partial charge < -0.3 is 5.73 Å². The van der Waals surface area contributed by atoms with E-state index in [4.69, 9.17) is 17.3 Å². The smallest absolute Gasteiger partial charge is 0.324 e. The molecule has 0 spiro atoms. The molecule has 0 unspecified atom stereocenters. The van der Waals surface area contributed by atoms with Crippen molar-refractivity contribution in [1.29, 1.82) is 0 Å². The first-order valence-electron chi connectivity index (χ1n) is 4.59. The molecule has 5 heteroatoms. The molecule has 2 N–H and O–H groups in total. The van der Waals surface area contributed by atoms with Gasteiger partial charge in [0.05, 0.1) is 5.56 Å². The van der Waals surface area contributed by atoms with Gasteiger partial charge in [0, 0.05) is 11.1 Å². The van der Waals surface area contributed by atoms with E-state index in [0.717, 1.165) is 12.1 Å². The van der Waals surface area contributed by atoms with Gasteiger partial charge in [0.1, 0.15) is 0 Å². The predicted molar refractivity (Wildman–Crippen MR) is 58.2 cm³/mol. The number of halogens is 4. The Kier molecular flexibility index (Phi) is 3.99. The van der Waals surface area contributed by atoms with Crippen LogP contribution in [0.3, 0.4) is 0 Å². The second kappa shape index (κ2) is 4.89. The fraction of sp³-hybridized carbons (Fsp3) is 0.273. The van der Waals surface area contributed by atoms with Gasteiger partial charge >= 0.3 is 6.18 Å². The van der Waals surface area contributed by atoms with E-state index >= 15 is 0 Å². The van der Waals surface area contributed by atoms with Gasteiger partial charge in [-0.2, -0.15) is 13.2 Å². The van der Waals surface area contributed by atoms with Crippen LogP contribution in [0.4, 0.5) is 13.2 Å². The summed E-state index contributed by atoms with van der Waals surface area (Å²) in [5.74, 6) is 0. The molecule has 0 amide bonds. The lowest BCUT2D eigenvalue weighted by molar-refractivity contribution is -0.137. The zero-order valence-corrected chi connectivity index (χ0v) is 9.15. The minimum absolute atomic E-state index is 0.238. The third kappa shape index (κ3) is 3.00. The molecule has 1 nitrogen and oxygen atoms in total. The Balaban J connectivity index is 3.13. The molecule has 0 aliphatic rings. The van der Waals surface area contributed by atoms with Crippen LogP contribution in [0.15, 0.2) is 30.9 Å². The van der Waals surface area contributed by atoms with Crippen molar-refractivity contribution in [2.45, 2.75) is 18.6 Å². The number of hydrogen-bond acceptors (Lipinski definition) is 1. The molecule has 0 saturated heterocycles. The van der Waals surface area contributed by atoms with Crippen molar-refractivity contribution >= 4 is 11.6 Å². The van der Waals surface area contributed by atoms with E-state index in [1.54, 1.807) is 6.08 Å². The molecule has 0 fully saturated rings. The topological polar surface area (TPSA) is 26.0 Å². The summed E-state index contributed by atoms with van der Waals surface area (Å²) in [6.45, 7) is 3.48. The Labute approximate surface area is 96.7 Å². The summed E-state index contributed by atoms with van der Waals surface area (Å²) in [6.07, 6.45) is -2.46. The van der Waals surface area contributed by atoms with Crippen LogP contribution in [0, 0.1) is 0 Å². The molecule has 0 aliphatic heterocycles. The van der Waals surface area contributed by atoms with Crippen LogP contribution in [-0.2, 0) is 6.18 Å². The van der Waals surface area contributed by atoms with Crippen molar-refractivity contribution in [2.24, 2.45) is 5.73 Å². The maximum absolute atomic E-state index is 12.4. The van der Waals surface area contributed by atoms with Crippen LogP contribution >= 0.6 is 11.6 Å². The second-order valence-electron chi connectivity index (χ2n) is 3.36. The third-order valence-electron chi connectivity index (χ3n) is 2.14. The monoisotopic (exact) mass is 249 g/mol. The zero-order valence-electron chi connectivity index (χ0n) is 8.39. The quantitative estimate of drug-likeness (QED) is 0.807. The average Bonchev–Trinajstić information content (AvgIpc) is 2.16. The van der Waals surface area contributed by atoms with Gasteiger partial charge in [-0.25, -0.2) is 0 Å². The molecule has 0 saturated carbocycles. The first-order chi connectivity index (χ1) is 7.36. The van der Waals surface area contributed by atoms with Crippen LogP contribution in [0.25, 0.3) is 0 Å². The summed E-state index contributed by atoms with van der Waals surface area (Å²) < 4.78 is 37.3. The Hall–Kier alpha value is -1.00. The van der Waals surface area contributed by atoms with Crippen LogP contribution < -0.4 is 5.73 Å². The lowest BCUT2D eigenvalue weighted by Crippen LogP contribution is -2.12. The fourth-order valence-corrected chi connectivity index (χ4v) is 1.57. The average molecular weight is 250 g/mol. The van der Waals surface area contributed by atoms with Gasteiger partial charge in [-0.05, 0) is 30.2 Å². The molecule has 0 radical (unpaired) electrons. The number of hydrogen-bond donors (Lipinski definition) is 1. The van der Waals surface area contributed by atoms with E-state index in [1.165, 1.54) is 6.07 Å². The van der Waals surface area contributed by atoms with Crippen LogP contribution in [-0.4, -0.2) is 0 Å². The molecule has 1 aromatic rings. The van der Waals surface area contributed by atoms with Crippen LogP contribution in [0.1, 0.15) is 23.6 Å². The summed E-state index contributed by atoms with van der Waals surface area (Å²) in [7, 11) is 0. The van der Waals surface area contributed by atoms with E-state index in [-0.39, 0.29) is 10.6 Å². The largest absolute Gasteiger partial charge is 0.416 e. The van der Waals surface area contributed by atoms with E-state index in [2.05, 4.69) is 6.58 Å². The highest BCUT2D eigenvalue weighted by molar-refractivity contribution is 6.31. The first-order valence-corrected chi connectivity index (χ1v) is 4.97. The molecular weight excluding hydrogens is 239 g/mol. The highest BCUT2D eigenvalue weighted by atomic mass is 35.5. The number of alkyl halides is 3. The Morgan fingerprint density at radius 2 is 2.06 bits per heavy atom. The summed E-state index contributed by atoms with van der Waals surface area (Å²) in [5.41, 5.74) is 5.24. The van der Waals surface area contributed by atoms with Gasteiger partial charge in [0.15, 0.2) is 0 Å². The number of benzene rings is 1. The van der Waals surface area contributed by atoms with Crippen molar-refractivity contribution in [1.82, 2.24) is 0 Å². The van der Waals surface area contributed by atoms with E-state index < -0.39 is 17.8 Å². The molecule has 88 valence electrons. The maximum atomic E-state index is 12.4. The Morgan fingerprint density at radius 3 is 2.56 bits per heavy atom. The SMILES string of the molecule is C=CC[C@H](N)c1cc(C(F)(F)F)ccc1Cl. The number of rotatable bonds is 3. The van der Waals surface area contributed by atoms with Crippen LogP contribution in [0.2, 0.25) is 5.02 Å². The molecule has 1 rings (SSSR count). The lowest BCUT2D eigenvalue weighted by atomic mass is 10.0. The standard InChI is InChI=1S/C11H11ClF3N/c1-2-3-10(16)8-6-7(11(13,14)15)4-5-9(8)12/h2,4-6,10H,1,3,16H2/t10-/m0/s1. The van der Waals surface area contributed by atoms with Gasteiger partial charge in [0.2, 0.25) is 0 Å². The Bertz CT molecular complexity index is 387. The molecule has 1 atom stereocenters. The number of nitrogens with two attached hydrogens (primary N) is 1. The van der Waals surface area contributed by atoms with E-state index in [9.17, 15) is 13.2 Å². The van der Waals surface area contributed by atoms with Crippen molar-refractivity contribution in [3.63, 3.8) is 0 Å². The molecule has 1 aromatic carbocycles. The van der Waals surface area contributed by atoms with Gasteiger partial charge in [-0.3, -0.25) is 0 Å². The third-order valence-corrected chi connectivity index (χ3v) is 2.49. The van der Waals surface area contributed by atoms with Gasteiger partial charge in [-0.15, -0.1) is 6.58 Å². The summed E-state index contributed by atoms with van der Waals surface area (Å²) >= 11 is 5.80. The van der Waals surface area contributed by atoms with Crippen molar-refractivity contribution in [2.75, 3.05) is 0 Å². The van der Waals surface area contributed by atoms with E-state index in [0.29, 0.717) is 6.42 Å². The maximum Gasteiger partial charge on any atom is 0.416 e. The molecule has 0 aliphatic carbocycles.